The number of carbonyl (C=O) groups is 1. The van der Waals surface area contributed by atoms with Gasteiger partial charge in [-0.2, -0.15) is 0 Å². The summed E-state index contributed by atoms with van der Waals surface area (Å²) >= 11 is 0. The van der Waals surface area contributed by atoms with Gasteiger partial charge in [0.1, 0.15) is 11.6 Å². The molecule has 0 aliphatic carbocycles. The van der Waals surface area contributed by atoms with Crippen molar-refractivity contribution in [1.29, 1.82) is 0 Å². The fraction of sp³-hybridized carbons (Fsp3) is 0.176. The van der Waals surface area contributed by atoms with Crippen LogP contribution in [0.5, 0.6) is 5.75 Å². The number of para-hydroxylation sites is 2. The number of nitrogens with zero attached hydrogens (tertiary/aromatic N) is 2. The molecule has 1 amide bonds. The van der Waals surface area contributed by atoms with Crippen molar-refractivity contribution < 1.29 is 13.9 Å². The molecule has 2 aromatic carbocycles. The highest BCUT2D eigenvalue weighted by Crippen LogP contribution is 2.23. The molecule has 0 bridgehead atoms. The van der Waals surface area contributed by atoms with E-state index >= 15 is 0 Å². The van der Waals surface area contributed by atoms with Gasteiger partial charge in [0, 0.05) is 6.54 Å². The Morgan fingerprint density at radius 3 is 2.83 bits per heavy atom. The van der Waals surface area contributed by atoms with Gasteiger partial charge in [0.15, 0.2) is 0 Å². The summed E-state index contributed by atoms with van der Waals surface area (Å²) in [4.78, 5) is 16.9. The Morgan fingerprint density at radius 1 is 1.30 bits per heavy atom. The monoisotopic (exact) mass is 313 g/mol. The molecule has 0 aliphatic heterocycles. The van der Waals surface area contributed by atoms with Crippen LogP contribution in [0.2, 0.25) is 0 Å². The van der Waals surface area contributed by atoms with Crippen molar-refractivity contribution in [2.24, 2.45) is 0 Å². The number of methoxy groups -OCH3 is 1. The second-order valence-corrected chi connectivity index (χ2v) is 4.97. The zero-order chi connectivity index (χ0) is 16.4. The molecule has 5 nitrogen and oxygen atoms in total. The average molecular weight is 313 g/mol. The first-order chi connectivity index (χ1) is 11.1. The fourth-order valence-corrected chi connectivity index (χ4v) is 2.52. The molecule has 0 saturated carbocycles. The first-order valence-corrected chi connectivity index (χ1v) is 7.24. The van der Waals surface area contributed by atoms with Crippen LogP contribution >= 0.6 is 0 Å². The number of anilines is 1. The van der Waals surface area contributed by atoms with E-state index < -0.39 is 11.7 Å². The highest BCUT2D eigenvalue weighted by molar-refractivity contribution is 6.06. The fourth-order valence-electron chi connectivity index (χ4n) is 2.52. The minimum absolute atomic E-state index is 0.127. The third-order valence-corrected chi connectivity index (χ3v) is 3.60. The predicted molar refractivity (Wildman–Crippen MR) is 86.3 cm³/mol. The van der Waals surface area contributed by atoms with Gasteiger partial charge in [-0.3, -0.25) is 10.1 Å². The van der Waals surface area contributed by atoms with E-state index in [1.54, 1.807) is 0 Å². The standard InChI is InChI=1S/C17H16FN3O2/c1-3-21-14-7-5-4-6-13(14)19-17(21)20-16(22)12-10-11(18)8-9-15(12)23-2/h4-10H,3H2,1-2H3,(H,19,20,22). The molecule has 0 spiro atoms. The highest BCUT2D eigenvalue weighted by Gasteiger charge is 2.17. The highest BCUT2D eigenvalue weighted by atomic mass is 19.1. The summed E-state index contributed by atoms with van der Waals surface area (Å²) in [5, 5.41) is 2.74. The number of hydrogen-bond donors (Lipinski definition) is 1. The third kappa shape index (κ3) is 2.75. The normalized spacial score (nSPS) is 10.7. The van der Waals surface area contributed by atoms with E-state index in [9.17, 15) is 9.18 Å². The van der Waals surface area contributed by atoms with Crippen LogP contribution in [0.1, 0.15) is 17.3 Å². The van der Waals surface area contributed by atoms with Gasteiger partial charge in [-0.05, 0) is 37.3 Å². The van der Waals surface area contributed by atoms with E-state index in [1.807, 2.05) is 35.8 Å². The van der Waals surface area contributed by atoms with Gasteiger partial charge in [0.05, 0.1) is 23.7 Å². The molecule has 23 heavy (non-hydrogen) atoms. The van der Waals surface area contributed by atoms with Crippen molar-refractivity contribution in [3.8, 4) is 5.75 Å². The molecule has 1 heterocycles. The van der Waals surface area contributed by atoms with Gasteiger partial charge in [0.25, 0.3) is 5.91 Å². The Morgan fingerprint density at radius 2 is 2.09 bits per heavy atom. The number of halogens is 1. The number of nitrogens with one attached hydrogen (secondary N) is 1. The van der Waals surface area contributed by atoms with Gasteiger partial charge in [-0.15, -0.1) is 0 Å². The predicted octanol–water partition coefficient (Wildman–Crippen LogP) is 3.46. The molecular formula is C17H16FN3O2. The Bertz CT molecular complexity index is 873. The molecule has 3 rings (SSSR count). The summed E-state index contributed by atoms with van der Waals surface area (Å²) in [7, 11) is 1.44. The lowest BCUT2D eigenvalue weighted by Crippen LogP contribution is -2.17. The maximum atomic E-state index is 13.4. The molecule has 3 aromatic rings. The van der Waals surface area contributed by atoms with Crippen molar-refractivity contribution in [1.82, 2.24) is 9.55 Å². The van der Waals surface area contributed by atoms with Crippen molar-refractivity contribution in [2.45, 2.75) is 13.5 Å². The van der Waals surface area contributed by atoms with Gasteiger partial charge in [-0.25, -0.2) is 9.37 Å². The zero-order valence-corrected chi connectivity index (χ0v) is 12.8. The van der Waals surface area contributed by atoms with Crippen LogP contribution in [0.25, 0.3) is 11.0 Å². The molecule has 0 saturated heterocycles. The SMILES string of the molecule is CCn1c(NC(=O)c2cc(F)ccc2OC)nc2ccccc21. The van der Waals surface area contributed by atoms with Crippen LogP contribution in [0.4, 0.5) is 10.3 Å². The number of imidazole rings is 1. The number of aryl methyl sites for hydroxylation is 1. The van der Waals surface area contributed by atoms with E-state index in [-0.39, 0.29) is 5.56 Å². The van der Waals surface area contributed by atoms with Crippen LogP contribution in [0.15, 0.2) is 42.5 Å². The number of hydrogen-bond acceptors (Lipinski definition) is 3. The van der Waals surface area contributed by atoms with Crippen LogP contribution in [-0.4, -0.2) is 22.6 Å². The molecule has 0 unspecified atom stereocenters. The molecule has 0 aliphatic rings. The minimum Gasteiger partial charge on any atom is -0.496 e. The van der Waals surface area contributed by atoms with E-state index in [0.717, 1.165) is 17.1 Å². The zero-order valence-electron chi connectivity index (χ0n) is 12.8. The molecule has 0 radical (unpaired) electrons. The third-order valence-electron chi connectivity index (χ3n) is 3.60. The largest absolute Gasteiger partial charge is 0.496 e. The lowest BCUT2D eigenvalue weighted by Gasteiger charge is -2.10. The lowest BCUT2D eigenvalue weighted by atomic mass is 10.2. The van der Waals surface area contributed by atoms with E-state index in [4.69, 9.17) is 4.74 Å². The summed E-state index contributed by atoms with van der Waals surface area (Å²) < 4.78 is 20.4. The molecule has 0 atom stereocenters. The van der Waals surface area contributed by atoms with Gasteiger partial charge in [0.2, 0.25) is 5.95 Å². The molecular weight excluding hydrogens is 297 g/mol. The second-order valence-electron chi connectivity index (χ2n) is 4.97. The minimum atomic E-state index is -0.500. The molecule has 1 N–H and O–H groups in total. The summed E-state index contributed by atoms with van der Waals surface area (Å²) in [6, 6.07) is 11.4. The number of amides is 1. The maximum Gasteiger partial charge on any atom is 0.261 e. The van der Waals surface area contributed by atoms with Crippen molar-refractivity contribution in [2.75, 3.05) is 12.4 Å². The van der Waals surface area contributed by atoms with Crippen LogP contribution in [0.3, 0.4) is 0 Å². The van der Waals surface area contributed by atoms with Crippen molar-refractivity contribution >= 4 is 22.9 Å². The first-order valence-electron chi connectivity index (χ1n) is 7.24. The number of fused-ring (bicyclic) bond motifs is 1. The van der Waals surface area contributed by atoms with E-state index in [0.29, 0.717) is 18.2 Å². The second kappa shape index (κ2) is 6.08. The van der Waals surface area contributed by atoms with Crippen LogP contribution < -0.4 is 10.1 Å². The first kappa shape index (κ1) is 15.0. The molecule has 6 heteroatoms. The van der Waals surface area contributed by atoms with E-state index in [1.165, 1.54) is 19.2 Å². The Hall–Kier alpha value is -2.89. The maximum absolute atomic E-state index is 13.4. The van der Waals surface area contributed by atoms with Gasteiger partial charge in [-0.1, -0.05) is 12.1 Å². The van der Waals surface area contributed by atoms with E-state index in [2.05, 4.69) is 10.3 Å². The molecule has 0 fully saturated rings. The van der Waals surface area contributed by atoms with Crippen LogP contribution in [0, 0.1) is 5.82 Å². The molecule has 1 aromatic heterocycles. The summed E-state index contributed by atoms with van der Waals surface area (Å²) in [6.07, 6.45) is 0. The molecule has 118 valence electrons. The number of rotatable bonds is 4. The number of aromatic nitrogens is 2. The Kier molecular flexibility index (Phi) is 3.97. The topological polar surface area (TPSA) is 56.2 Å². The van der Waals surface area contributed by atoms with Gasteiger partial charge < -0.3 is 9.30 Å². The Labute approximate surface area is 132 Å². The lowest BCUT2D eigenvalue weighted by molar-refractivity contribution is 0.102. The van der Waals surface area contributed by atoms with Crippen LogP contribution in [-0.2, 0) is 6.54 Å². The quantitative estimate of drug-likeness (QED) is 0.802. The van der Waals surface area contributed by atoms with Gasteiger partial charge >= 0.3 is 0 Å². The van der Waals surface area contributed by atoms with Crippen molar-refractivity contribution in [3.05, 3.63) is 53.8 Å². The summed E-state index contributed by atoms with van der Waals surface area (Å²) in [5.74, 6) is -0.237. The average Bonchev–Trinajstić information content (AvgIpc) is 2.91. The number of benzene rings is 2. The van der Waals surface area contributed by atoms with Crippen molar-refractivity contribution in [3.63, 3.8) is 0 Å². The number of ether oxygens (including phenoxy) is 1. The summed E-state index contributed by atoms with van der Waals surface area (Å²) in [5.41, 5.74) is 1.84. The summed E-state index contributed by atoms with van der Waals surface area (Å²) in [6.45, 7) is 2.61. The smallest absolute Gasteiger partial charge is 0.261 e. The number of carbonyl (C=O) groups excluding carboxylic acids is 1. The Balaban J connectivity index is 1.99.